The van der Waals surface area contributed by atoms with Gasteiger partial charge in [0.25, 0.3) is 5.56 Å². The van der Waals surface area contributed by atoms with E-state index in [2.05, 4.69) is 16.8 Å². The number of fused-ring (bicyclic) bond motifs is 1. The highest BCUT2D eigenvalue weighted by Gasteiger charge is 2.51. The number of hydrogen-bond acceptors (Lipinski definition) is 6. The summed E-state index contributed by atoms with van der Waals surface area (Å²) in [5, 5.41) is 16.5. The molecule has 0 bridgehead atoms. The van der Waals surface area contributed by atoms with Crippen LogP contribution in [-0.2, 0) is 16.0 Å². The zero-order valence-corrected chi connectivity index (χ0v) is 16.1. The first kappa shape index (κ1) is 19.8. The molecule has 1 aromatic carbocycles. The summed E-state index contributed by atoms with van der Waals surface area (Å²) in [6.07, 6.45) is 1.56. The van der Waals surface area contributed by atoms with E-state index in [0.717, 1.165) is 0 Å². The summed E-state index contributed by atoms with van der Waals surface area (Å²) in [5.41, 5.74) is -0.188. The first-order chi connectivity index (χ1) is 13.3. The summed E-state index contributed by atoms with van der Waals surface area (Å²) in [5.74, 6) is -1.35. The van der Waals surface area contributed by atoms with Crippen molar-refractivity contribution in [2.75, 3.05) is 20.8 Å². The largest absolute Gasteiger partial charge is 0.493 e. The SMILES string of the molecule is C=CCOC(=O)[C@H]1[C@H](c2ccc(OC)c(OC)c2)c2c([nH][nH]c2=O)C[C@]1(C)O. The molecule has 8 nitrogen and oxygen atoms in total. The van der Waals surface area contributed by atoms with Gasteiger partial charge in [-0.3, -0.25) is 14.7 Å². The lowest BCUT2D eigenvalue weighted by atomic mass is 9.66. The standard InChI is InChI=1S/C20H24N2O6/c1-5-8-28-19(24)17-15(11-6-7-13(26-3)14(9-11)27-4)16-12(10-20(17,2)25)21-22-18(16)23/h5-7,9,15,17,25H,1,8,10H2,2-4H3,(H2,21,22,23)/t15-,17-,20+/m1/s1. The Morgan fingerprint density at radius 2 is 2.04 bits per heavy atom. The molecule has 0 amide bonds. The van der Waals surface area contributed by atoms with Crippen molar-refractivity contribution in [2.24, 2.45) is 5.92 Å². The Hall–Kier alpha value is -3.00. The van der Waals surface area contributed by atoms with Gasteiger partial charge in [0, 0.05) is 23.6 Å². The van der Waals surface area contributed by atoms with Crippen molar-refractivity contribution in [3.05, 3.63) is 58.0 Å². The maximum absolute atomic E-state index is 12.9. The summed E-state index contributed by atoms with van der Waals surface area (Å²) in [6, 6.07) is 5.15. The predicted octanol–water partition coefficient (Wildman–Crippen LogP) is 1.50. The van der Waals surface area contributed by atoms with Crippen molar-refractivity contribution in [3.8, 4) is 11.5 Å². The third-order valence-corrected chi connectivity index (χ3v) is 5.11. The van der Waals surface area contributed by atoms with Crippen LogP contribution in [0.25, 0.3) is 0 Å². The zero-order valence-electron chi connectivity index (χ0n) is 16.1. The summed E-state index contributed by atoms with van der Waals surface area (Å²) in [7, 11) is 3.02. The Morgan fingerprint density at radius 3 is 2.68 bits per heavy atom. The molecule has 3 rings (SSSR count). The number of methoxy groups -OCH3 is 2. The van der Waals surface area contributed by atoms with E-state index in [1.54, 1.807) is 25.1 Å². The Bertz CT molecular complexity index is 942. The highest BCUT2D eigenvalue weighted by Crippen LogP contribution is 2.46. The van der Waals surface area contributed by atoms with Gasteiger partial charge >= 0.3 is 5.97 Å². The van der Waals surface area contributed by atoms with Gasteiger partial charge in [-0.25, -0.2) is 0 Å². The second-order valence-electron chi connectivity index (χ2n) is 6.99. The minimum Gasteiger partial charge on any atom is -0.493 e. The molecule has 1 aliphatic carbocycles. The number of rotatable bonds is 6. The van der Waals surface area contributed by atoms with Crippen LogP contribution in [0.15, 0.2) is 35.6 Å². The number of ether oxygens (including phenoxy) is 3. The molecular weight excluding hydrogens is 364 g/mol. The van der Waals surface area contributed by atoms with Gasteiger partial charge in [0.2, 0.25) is 0 Å². The monoisotopic (exact) mass is 388 g/mol. The maximum Gasteiger partial charge on any atom is 0.313 e. The number of aromatic amines is 2. The molecule has 3 N–H and O–H groups in total. The van der Waals surface area contributed by atoms with Crippen molar-refractivity contribution in [1.82, 2.24) is 10.2 Å². The van der Waals surface area contributed by atoms with Crippen LogP contribution in [0.5, 0.6) is 11.5 Å². The molecule has 0 fully saturated rings. The van der Waals surface area contributed by atoms with Crippen LogP contribution < -0.4 is 15.0 Å². The van der Waals surface area contributed by atoms with Gasteiger partial charge in [0.15, 0.2) is 11.5 Å². The first-order valence-electron chi connectivity index (χ1n) is 8.85. The Labute approximate surface area is 162 Å². The van der Waals surface area contributed by atoms with Gasteiger partial charge in [-0.1, -0.05) is 18.7 Å². The molecule has 1 aromatic heterocycles. The molecule has 2 aromatic rings. The third kappa shape index (κ3) is 3.31. The number of carbonyl (C=O) groups excluding carboxylic acids is 1. The molecule has 1 aliphatic rings. The van der Waals surface area contributed by atoms with E-state index in [0.29, 0.717) is 28.3 Å². The molecular formula is C20H24N2O6. The maximum atomic E-state index is 12.9. The summed E-state index contributed by atoms with van der Waals surface area (Å²) >= 11 is 0. The van der Waals surface area contributed by atoms with Crippen LogP contribution in [0, 0.1) is 5.92 Å². The minimum atomic E-state index is -1.44. The molecule has 0 saturated carbocycles. The van der Waals surface area contributed by atoms with E-state index in [4.69, 9.17) is 14.2 Å². The second-order valence-corrected chi connectivity index (χ2v) is 6.99. The lowest BCUT2D eigenvalue weighted by Gasteiger charge is -2.40. The molecule has 28 heavy (non-hydrogen) atoms. The Kier molecular flexibility index (Phi) is 5.33. The molecule has 0 unspecified atom stereocenters. The number of aliphatic hydroxyl groups is 1. The van der Waals surface area contributed by atoms with E-state index >= 15 is 0 Å². The number of H-pyrrole nitrogens is 2. The fourth-order valence-corrected chi connectivity index (χ4v) is 3.89. The van der Waals surface area contributed by atoms with Crippen LogP contribution in [-0.4, -0.2) is 47.7 Å². The van der Waals surface area contributed by atoms with Crippen molar-refractivity contribution < 1.29 is 24.1 Å². The van der Waals surface area contributed by atoms with Crippen LogP contribution in [0.3, 0.4) is 0 Å². The van der Waals surface area contributed by atoms with Crippen LogP contribution in [0.4, 0.5) is 0 Å². The van der Waals surface area contributed by atoms with Crippen LogP contribution >= 0.6 is 0 Å². The van der Waals surface area contributed by atoms with Gasteiger partial charge in [-0.15, -0.1) is 0 Å². The number of benzene rings is 1. The van der Waals surface area contributed by atoms with Gasteiger partial charge in [-0.05, 0) is 24.6 Å². The normalized spacial score (nSPS) is 23.6. The van der Waals surface area contributed by atoms with Gasteiger partial charge < -0.3 is 24.4 Å². The highest BCUT2D eigenvalue weighted by atomic mass is 16.5. The summed E-state index contributed by atoms with van der Waals surface area (Å²) < 4.78 is 15.9. The number of aromatic nitrogens is 2. The number of carbonyl (C=O) groups is 1. The van der Waals surface area contributed by atoms with Crippen molar-refractivity contribution in [2.45, 2.75) is 24.9 Å². The summed E-state index contributed by atoms with van der Waals surface area (Å²) in [6.45, 7) is 5.12. The second kappa shape index (κ2) is 7.55. The smallest absolute Gasteiger partial charge is 0.313 e. The zero-order chi connectivity index (χ0) is 20.5. The van der Waals surface area contributed by atoms with E-state index in [1.165, 1.54) is 20.3 Å². The minimum absolute atomic E-state index is 0.0143. The number of esters is 1. The van der Waals surface area contributed by atoms with Crippen LogP contribution in [0.1, 0.15) is 29.7 Å². The highest BCUT2D eigenvalue weighted by molar-refractivity contribution is 5.77. The molecule has 150 valence electrons. The molecule has 0 aliphatic heterocycles. The fourth-order valence-electron chi connectivity index (χ4n) is 3.89. The molecule has 0 spiro atoms. The molecule has 0 radical (unpaired) electrons. The predicted molar refractivity (Wildman–Crippen MR) is 102 cm³/mol. The van der Waals surface area contributed by atoms with E-state index < -0.39 is 23.4 Å². The number of nitrogens with one attached hydrogen (secondary N) is 2. The third-order valence-electron chi connectivity index (χ3n) is 5.11. The number of hydrogen-bond donors (Lipinski definition) is 3. The quantitative estimate of drug-likeness (QED) is 0.511. The topological polar surface area (TPSA) is 114 Å². The van der Waals surface area contributed by atoms with E-state index in [-0.39, 0.29) is 18.6 Å². The van der Waals surface area contributed by atoms with Crippen molar-refractivity contribution in [1.29, 1.82) is 0 Å². The lowest BCUT2D eigenvalue weighted by Crippen LogP contribution is -2.50. The fraction of sp³-hybridized carbons (Fsp3) is 0.400. The Balaban J connectivity index is 2.19. The van der Waals surface area contributed by atoms with E-state index in [9.17, 15) is 14.7 Å². The van der Waals surface area contributed by atoms with Gasteiger partial charge in [0.1, 0.15) is 6.61 Å². The lowest BCUT2D eigenvalue weighted by molar-refractivity contribution is -0.158. The average molecular weight is 388 g/mol. The summed E-state index contributed by atoms with van der Waals surface area (Å²) in [4.78, 5) is 25.4. The first-order valence-corrected chi connectivity index (χ1v) is 8.85. The van der Waals surface area contributed by atoms with Crippen molar-refractivity contribution in [3.63, 3.8) is 0 Å². The van der Waals surface area contributed by atoms with Gasteiger partial charge in [0.05, 0.1) is 25.7 Å². The van der Waals surface area contributed by atoms with Gasteiger partial charge in [-0.2, -0.15) is 0 Å². The Morgan fingerprint density at radius 1 is 1.32 bits per heavy atom. The van der Waals surface area contributed by atoms with Crippen molar-refractivity contribution >= 4 is 5.97 Å². The van der Waals surface area contributed by atoms with E-state index in [1.807, 2.05) is 0 Å². The average Bonchev–Trinajstić information content (AvgIpc) is 3.03. The molecule has 0 saturated heterocycles. The molecule has 8 heteroatoms. The van der Waals surface area contributed by atoms with Crippen LogP contribution in [0.2, 0.25) is 0 Å². The molecule has 1 heterocycles. The molecule has 3 atom stereocenters.